The molecule has 0 aliphatic carbocycles. The van der Waals surface area contributed by atoms with Gasteiger partial charge in [-0.25, -0.2) is 14.4 Å². The summed E-state index contributed by atoms with van der Waals surface area (Å²) in [5.74, 6) is 4.71. The zero-order valence-electron chi connectivity index (χ0n) is 83.7. The summed E-state index contributed by atoms with van der Waals surface area (Å²) in [6, 6.07) is 38.1. The summed E-state index contributed by atoms with van der Waals surface area (Å²) in [5.41, 5.74) is 15.4. The number of Topliss-reactive ketones (excluding diaryl/α,β-unsaturated/α-hetero) is 3. The molecule has 0 bridgehead atoms. The van der Waals surface area contributed by atoms with Crippen LogP contribution in [0.5, 0.6) is 0 Å². The van der Waals surface area contributed by atoms with Gasteiger partial charge in [-0.05, 0) is 242 Å². The summed E-state index contributed by atoms with van der Waals surface area (Å²) >= 11 is 39.5. The third-order valence-corrected chi connectivity index (χ3v) is 32.9. The van der Waals surface area contributed by atoms with Gasteiger partial charge in [-0.2, -0.15) is 17.5 Å². The van der Waals surface area contributed by atoms with Gasteiger partial charge in [0.1, 0.15) is 93.6 Å². The van der Waals surface area contributed by atoms with E-state index in [9.17, 15) is 14.4 Å². The number of nitrogens with zero attached hydrogens (tertiary/aromatic N) is 25. The lowest BCUT2D eigenvalue weighted by Crippen LogP contribution is -2.28. The zero-order valence-corrected chi connectivity index (χ0v) is 92.4. The monoisotopic (exact) mass is 2150 g/mol. The Morgan fingerprint density at radius 2 is 0.628 bits per heavy atom. The first-order valence-corrected chi connectivity index (χ1v) is 54.5. The number of carbonyl (C=O) groups is 3. The third-order valence-electron chi connectivity index (χ3n) is 26.0. The largest absolute Gasteiger partial charge is 0.300 e. The molecule has 11 aromatic heterocycles. The van der Waals surface area contributed by atoms with E-state index in [0.29, 0.717) is 75.4 Å². The number of hydrogen-bond donors (Lipinski definition) is 0. The number of carbonyl (C=O) groups excluding carboxylic acids is 3. The fourth-order valence-electron chi connectivity index (χ4n) is 18.8. The molecule has 0 N–H and O–H groups in total. The standard InChI is InChI=1S/C22H22ClFN4OS.2C21H22ClN5OS.C21H24ClN5S.C20H17ClN6S2/c1-5-6-17(29)11-22(24)21-27-26-14(4)28(21)20-18(12(2)13(3)30-20)19(25-22)15-7-9-16(23)10-8-15;2*1-5-6-16(28)11-21(4)20-25-24-13(3)27(20)19-17(12(2)26-29-19)18(23-21)14-7-9-15(22)10-8-14;1-5-6-7-12-21(4)20-25-24-14(3)27(20)19-17(13(2)26-28-19)18(23-21)15-8-10-16(22)11-9-15;1-11-16-17(13-4-6-14(21)7-5-13)23-20(3,10-15-22-8-9-28-15)19-25-24-12(2)27(19)18(16)29-26-11/h7-10H,5-6,11H2,1-4H3;2*7-10H,5-6,11H2,1-4H3;8-11H,5-7,12H2,1-4H3;4-9H,10H2,1-3H3. The number of hydrogen-bond acceptors (Lipinski definition) is 29. The van der Waals surface area contributed by atoms with Crippen molar-refractivity contribution in [3.05, 3.63) is 310 Å². The molecule has 5 unspecified atom stereocenters. The van der Waals surface area contributed by atoms with Crippen LogP contribution in [-0.4, -0.2) is 142 Å². The summed E-state index contributed by atoms with van der Waals surface area (Å²) < 4.78 is 44.9. The maximum absolute atomic E-state index is 16.5. The number of rotatable bonds is 23. The van der Waals surface area contributed by atoms with E-state index in [-0.39, 0.29) is 42.4 Å². The average Bonchev–Trinajstić information content (AvgIpc) is 1.60. The van der Waals surface area contributed by atoms with Crippen molar-refractivity contribution in [3.63, 3.8) is 0 Å². The second-order valence-electron chi connectivity index (χ2n) is 37.4. The number of ketones is 3. The number of unbranched alkanes of at least 4 members (excludes halogenated alkanes) is 2. The van der Waals surface area contributed by atoms with Crippen molar-refractivity contribution < 1.29 is 18.8 Å². The van der Waals surface area contributed by atoms with E-state index in [1.807, 2.05) is 234 Å². The highest BCUT2D eigenvalue weighted by Crippen LogP contribution is 2.49. The minimum absolute atomic E-state index is 0.0518. The minimum Gasteiger partial charge on any atom is -0.300 e. The van der Waals surface area contributed by atoms with Crippen LogP contribution in [-0.2, 0) is 48.8 Å². The molecule has 21 rings (SSSR count). The van der Waals surface area contributed by atoms with Crippen molar-refractivity contribution in [2.75, 3.05) is 0 Å². The van der Waals surface area contributed by atoms with Crippen molar-refractivity contribution in [2.24, 2.45) is 25.0 Å². The quantitative estimate of drug-likeness (QED) is 0.0424. The molecule has 0 radical (unpaired) electrons. The smallest absolute Gasteiger partial charge is 0.267 e. The van der Waals surface area contributed by atoms with Crippen molar-refractivity contribution >= 4 is 173 Å². The Balaban J connectivity index is 0.000000124. The molecule has 0 fully saturated rings. The number of aryl methyl sites for hydroxylation is 10. The third kappa shape index (κ3) is 20.9. The topological polar surface area (TPSA) is 331 Å². The van der Waals surface area contributed by atoms with Crippen LogP contribution >= 0.6 is 127 Å². The fourth-order valence-corrected chi connectivity index (χ4v) is 25.2. The molecule has 16 aromatic rings. The van der Waals surface area contributed by atoms with E-state index in [0.717, 1.165) is 207 Å². The summed E-state index contributed by atoms with van der Waals surface area (Å²) in [6.07, 6.45) is 10.6. The van der Waals surface area contributed by atoms with Crippen LogP contribution in [0, 0.1) is 76.2 Å². The molecular weight excluding hydrogens is 2050 g/mol. The van der Waals surface area contributed by atoms with E-state index in [4.69, 9.17) is 78.0 Å². The Bertz CT molecular complexity index is 7570. The number of benzene rings is 5. The predicted molar refractivity (Wildman–Crippen MR) is 581 cm³/mol. The van der Waals surface area contributed by atoms with E-state index in [2.05, 4.69) is 108 Å². The minimum atomic E-state index is -2.30. The molecule has 5 aliphatic heterocycles. The Morgan fingerprint density at radius 1 is 0.338 bits per heavy atom. The van der Waals surface area contributed by atoms with E-state index in [1.54, 1.807) is 46.3 Å². The number of halogens is 6. The number of fused-ring (bicyclic) bond motifs is 15. The highest BCUT2D eigenvalue weighted by atomic mass is 35.5. The van der Waals surface area contributed by atoms with Crippen LogP contribution in [0.4, 0.5) is 4.39 Å². The van der Waals surface area contributed by atoms with Gasteiger partial charge in [-0.15, -0.1) is 73.7 Å². The van der Waals surface area contributed by atoms with Gasteiger partial charge in [0.15, 0.2) is 29.1 Å². The predicted octanol–water partition coefficient (Wildman–Crippen LogP) is 25.7. The molecule has 0 spiro atoms. The number of aliphatic imine (C=N–C) groups is 5. The number of alkyl halides is 1. The molecule has 5 aliphatic rings. The molecule has 16 heterocycles. The van der Waals surface area contributed by atoms with Gasteiger partial charge < -0.3 is 0 Å². The van der Waals surface area contributed by atoms with Gasteiger partial charge in [0.05, 0.1) is 85.0 Å². The molecule has 40 heteroatoms. The van der Waals surface area contributed by atoms with E-state index < -0.39 is 27.9 Å². The molecule has 5 aromatic carbocycles. The van der Waals surface area contributed by atoms with E-state index in [1.165, 1.54) is 59.0 Å². The van der Waals surface area contributed by atoms with Crippen LogP contribution in [0.3, 0.4) is 0 Å². The van der Waals surface area contributed by atoms with Gasteiger partial charge in [-0.3, -0.25) is 57.2 Å². The first kappa shape index (κ1) is 105. The molecule has 748 valence electrons. The van der Waals surface area contributed by atoms with Crippen LogP contribution in [0.15, 0.2) is 158 Å². The number of thiazole rings is 1. The van der Waals surface area contributed by atoms with Gasteiger partial charge in [0.2, 0.25) is 0 Å². The maximum Gasteiger partial charge on any atom is 0.267 e. The first-order valence-electron chi connectivity index (χ1n) is 47.9. The molecule has 0 amide bonds. The Morgan fingerprint density at radius 3 is 0.945 bits per heavy atom. The average molecular weight is 2160 g/mol. The molecule has 28 nitrogen and oxygen atoms in total. The SMILES string of the molecule is CCCC(=O)CC1(C)N=C(c2ccc(Cl)cc2)c2c(C)nsc2-n2c(C)nnc21.CCCC(=O)CC1(C)N=C(c2ccc(Cl)cc2)c2c(C)nsc2-n2c(C)nnc21.CCCC(=O)CC1(F)N=C(c2ccc(Cl)cc2)c2c(sc(C)c2C)-n2c(C)nnc21.CCCCCC1(C)N=C(c2ccc(Cl)cc2)c2c(C)nsc2-n2c(C)nnc21.Cc1nsc2c1C(c1ccc(Cl)cc1)=NC(C)(Cc1nccs1)c1nnc(C)n1-2. The lowest BCUT2D eigenvalue weighted by molar-refractivity contribution is -0.122. The highest BCUT2D eigenvalue weighted by molar-refractivity contribution is 7.15. The Labute approximate surface area is 889 Å². The molecule has 0 saturated carbocycles. The van der Waals surface area contributed by atoms with Gasteiger partial charge >= 0.3 is 0 Å². The summed E-state index contributed by atoms with van der Waals surface area (Å²) in [7, 11) is 0. The van der Waals surface area contributed by atoms with Gasteiger partial charge in [-0.1, -0.05) is 166 Å². The number of thiophene rings is 1. The normalized spacial score (nSPS) is 18.1. The molecule has 0 saturated heterocycles. The van der Waals surface area contributed by atoms with Gasteiger partial charge in [0, 0.05) is 113 Å². The first-order chi connectivity index (χ1) is 69.3. The van der Waals surface area contributed by atoms with Crippen molar-refractivity contribution in [1.29, 1.82) is 0 Å². The summed E-state index contributed by atoms with van der Waals surface area (Å²) in [4.78, 5) is 68.9. The second kappa shape index (κ2) is 43.1. The van der Waals surface area contributed by atoms with Crippen molar-refractivity contribution in [3.8, 4) is 25.0 Å². The Kier molecular flexibility index (Phi) is 31.1. The number of aromatic nitrogens is 20. The lowest BCUT2D eigenvalue weighted by Gasteiger charge is -2.24. The highest BCUT2D eigenvalue weighted by Gasteiger charge is 2.48. The van der Waals surface area contributed by atoms with Crippen LogP contribution in [0.25, 0.3) is 25.0 Å². The summed E-state index contributed by atoms with van der Waals surface area (Å²) in [5, 5.41) is 54.6. The lowest BCUT2D eigenvalue weighted by atomic mass is 9.92. The Hall–Kier alpha value is -11.6. The van der Waals surface area contributed by atoms with Crippen LogP contribution in [0.1, 0.15) is 291 Å². The van der Waals surface area contributed by atoms with Crippen LogP contribution < -0.4 is 0 Å². The van der Waals surface area contributed by atoms with Crippen LogP contribution in [0.2, 0.25) is 25.1 Å². The van der Waals surface area contributed by atoms with E-state index >= 15 is 4.39 Å². The zero-order chi connectivity index (χ0) is 103. The fraction of sp³-hybridized carbons (Fsp3) is 0.362. The molecule has 145 heavy (non-hydrogen) atoms. The summed E-state index contributed by atoms with van der Waals surface area (Å²) in [6.45, 7) is 38.0. The van der Waals surface area contributed by atoms with Crippen molar-refractivity contribution in [2.45, 2.75) is 249 Å². The molecule has 5 atom stereocenters. The maximum atomic E-state index is 16.5. The second-order valence-corrected chi connectivity index (χ2v) is 44.8. The van der Waals surface area contributed by atoms with Gasteiger partial charge in [0.25, 0.3) is 5.79 Å². The molecular formula is C105H107Cl5FN25O3S6. The van der Waals surface area contributed by atoms with Crippen molar-refractivity contribution in [1.82, 2.24) is 96.3 Å².